The quantitative estimate of drug-likeness (QED) is 0.125. The van der Waals surface area contributed by atoms with Gasteiger partial charge in [0.25, 0.3) is 0 Å². The molecular formula is C24H44N2S6. The third kappa shape index (κ3) is 14.6. The van der Waals surface area contributed by atoms with Crippen molar-refractivity contribution in [3.8, 4) is 0 Å². The number of hydrogen-bond donors (Lipinski definition) is 0. The van der Waals surface area contributed by atoms with E-state index < -0.39 is 0 Å². The largest absolute Gasteiger partial charge is 0.357 e. The Morgan fingerprint density at radius 3 is 1.12 bits per heavy atom. The van der Waals surface area contributed by atoms with Gasteiger partial charge in [0.1, 0.15) is 8.64 Å². The number of rotatable bonds is 13. The van der Waals surface area contributed by atoms with Crippen LogP contribution in [0.4, 0.5) is 0 Å². The SMILES string of the molecule is S=C(SSCCCCCCCCCCSSC(=S)N1CCCCCC1)N1CCCCCC1. The molecule has 0 bridgehead atoms. The molecule has 2 saturated heterocycles. The van der Waals surface area contributed by atoms with Crippen molar-refractivity contribution in [3.63, 3.8) is 0 Å². The first-order valence-electron chi connectivity index (χ1n) is 12.9. The van der Waals surface area contributed by atoms with Crippen LogP contribution in [0, 0.1) is 0 Å². The van der Waals surface area contributed by atoms with Gasteiger partial charge >= 0.3 is 0 Å². The van der Waals surface area contributed by atoms with Gasteiger partial charge in [0, 0.05) is 37.7 Å². The lowest BCUT2D eigenvalue weighted by molar-refractivity contribution is 0.450. The molecule has 0 spiro atoms. The maximum Gasteiger partial charge on any atom is 0.147 e. The second kappa shape index (κ2) is 20.4. The molecule has 0 aliphatic carbocycles. The maximum absolute atomic E-state index is 5.62. The molecule has 2 rings (SSSR count). The number of unbranched alkanes of at least 4 members (excludes halogenated alkanes) is 7. The minimum Gasteiger partial charge on any atom is -0.357 e. The predicted octanol–water partition coefficient (Wildman–Crippen LogP) is 9.19. The fourth-order valence-electron chi connectivity index (χ4n) is 4.18. The van der Waals surface area contributed by atoms with Crippen molar-refractivity contribution in [3.05, 3.63) is 0 Å². The second-order valence-electron chi connectivity index (χ2n) is 8.97. The summed E-state index contributed by atoms with van der Waals surface area (Å²) >= 11 is 11.2. The molecular weight excluding hydrogens is 509 g/mol. The monoisotopic (exact) mass is 552 g/mol. The van der Waals surface area contributed by atoms with Crippen molar-refractivity contribution >= 4 is 76.3 Å². The average Bonchev–Trinajstić information content (AvgIpc) is 3.24. The van der Waals surface area contributed by atoms with Crippen molar-refractivity contribution < 1.29 is 0 Å². The van der Waals surface area contributed by atoms with Gasteiger partial charge in [0.15, 0.2) is 0 Å². The van der Waals surface area contributed by atoms with E-state index in [9.17, 15) is 0 Å². The third-order valence-electron chi connectivity index (χ3n) is 6.19. The lowest BCUT2D eigenvalue weighted by atomic mass is 10.1. The van der Waals surface area contributed by atoms with E-state index in [0.717, 1.165) is 8.64 Å². The zero-order chi connectivity index (χ0) is 22.7. The standard InChI is InChI=1S/C24H44N2S6/c27-23(25-17-11-5-6-12-18-25)31-29-21-15-9-3-1-2-4-10-16-22-30-32-24(28)26-19-13-7-8-14-20-26/h1-22H2. The van der Waals surface area contributed by atoms with Gasteiger partial charge in [-0.15, -0.1) is 0 Å². The van der Waals surface area contributed by atoms with Crippen LogP contribution < -0.4 is 0 Å². The Labute approximate surface area is 225 Å². The van der Waals surface area contributed by atoms with Crippen molar-refractivity contribution in [2.24, 2.45) is 0 Å². The molecule has 2 nitrogen and oxygen atoms in total. The molecule has 0 atom stereocenters. The van der Waals surface area contributed by atoms with Gasteiger partial charge in [0.2, 0.25) is 0 Å². The van der Waals surface area contributed by atoms with Crippen molar-refractivity contribution in [2.75, 3.05) is 37.7 Å². The molecule has 186 valence electrons. The average molecular weight is 553 g/mol. The van der Waals surface area contributed by atoms with Crippen molar-refractivity contribution in [1.29, 1.82) is 0 Å². The van der Waals surface area contributed by atoms with E-state index in [2.05, 4.69) is 9.80 Å². The predicted molar refractivity (Wildman–Crippen MR) is 162 cm³/mol. The minimum absolute atomic E-state index is 1.12. The highest BCUT2D eigenvalue weighted by Gasteiger charge is 2.13. The summed E-state index contributed by atoms with van der Waals surface area (Å²) in [6.07, 6.45) is 21.8. The highest BCUT2D eigenvalue weighted by atomic mass is 33.1. The first-order valence-corrected chi connectivity index (χ1v) is 18.4. The Balaban J connectivity index is 1.29. The van der Waals surface area contributed by atoms with Gasteiger partial charge in [-0.3, -0.25) is 0 Å². The van der Waals surface area contributed by atoms with Crippen LogP contribution in [0.1, 0.15) is 103 Å². The van der Waals surface area contributed by atoms with Crippen LogP contribution in [-0.2, 0) is 0 Å². The first kappa shape index (κ1) is 29.4. The summed E-state index contributed by atoms with van der Waals surface area (Å²) < 4.78 is 2.24. The first-order chi connectivity index (χ1) is 15.8. The summed E-state index contributed by atoms with van der Waals surface area (Å²) in [6, 6.07) is 0. The maximum atomic E-state index is 5.62. The molecule has 2 heterocycles. The van der Waals surface area contributed by atoms with Gasteiger partial charge in [-0.25, -0.2) is 0 Å². The number of likely N-dealkylation sites (tertiary alicyclic amines) is 2. The Hall–Kier alpha value is 1.18. The van der Waals surface area contributed by atoms with Gasteiger partial charge < -0.3 is 9.80 Å². The second-order valence-corrected chi connectivity index (χ2v) is 15.1. The van der Waals surface area contributed by atoms with Crippen LogP contribution in [0.25, 0.3) is 0 Å². The number of nitrogens with zero attached hydrogens (tertiary/aromatic N) is 2. The van der Waals surface area contributed by atoms with Gasteiger partial charge in [-0.05, 0) is 60.1 Å². The van der Waals surface area contributed by atoms with Crippen molar-refractivity contribution in [2.45, 2.75) is 103 Å². The third-order valence-corrected chi connectivity index (χ3v) is 12.4. The molecule has 2 fully saturated rings. The molecule has 8 heteroatoms. The van der Waals surface area contributed by atoms with Crippen molar-refractivity contribution in [1.82, 2.24) is 9.80 Å². The zero-order valence-corrected chi connectivity index (χ0v) is 24.8. The van der Waals surface area contributed by atoms with Crippen LogP contribution >= 0.6 is 67.6 Å². The summed E-state index contributed by atoms with van der Waals surface area (Å²) in [6.45, 7) is 4.71. The minimum atomic E-state index is 1.12. The summed E-state index contributed by atoms with van der Waals surface area (Å²) in [5, 5.41) is 0. The van der Waals surface area contributed by atoms with Crippen LogP contribution in [0.15, 0.2) is 0 Å². The van der Waals surface area contributed by atoms with E-state index in [4.69, 9.17) is 24.4 Å². The fraction of sp³-hybridized carbons (Fsp3) is 0.917. The summed E-state index contributed by atoms with van der Waals surface area (Å²) in [5.41, 5.74) is 0. The Morgan fingerprint density at radius 1 is 0.469 bits per heavy atom. The lowest BCUT2D eigenvalue weighted by Gasteiger charge is -2.21. The summed E-state index contributed by atoms with van der Waals surface area (Å²) in [7, 11) is 7.63. The number of thiocarbonyl (C=S) groups is 2. The highest BCUT2D eigenvalue weighted by molar-refractivity contribution is 8.84. The molecule has 2 aliphatic heterocycles. The molecule has 0 unspecified atom stereocenters. The molecule has 0 radical (unpaired) electrons. The number of hydrogen-bond acceptors (Lipinski definition) is 6. The molecule has 2 aliphatic rings. The van der Waals surface area contributed by atoms with Gasteiger partial charge in [-0.1, -0.05) is 110 Å². The van der Waals surface area contributed by atoms with E-state index in [1.807, 2.05) is 43.2 Å². The molecule has 0 saturated carbocycles. The summed E-state index contributed by atoms with van der Waals surface area (Å²) in [4.78, 5) is 4.86. The lowest BCUT2D eigenvalue weighted by Crippen LogP contribution is -2.27. The molecule has 0 aromatic carbocycles. The van der Waals surface area contributed by atoms with Crippen LogP contribution in [-0.4, -0.2) is 56.1 Å². The van der Waals surface area contributed by atoms with Crippen LogP contribution in [0.3, 0.4) is 0 Å². The van der Waals surface area contributed by atoms with Crippen LogP contribution in [0.2, 0.25) is 0 Å². The van der Waals surface area contributed by atoms with Crippen LogP contribution in [0.5, 0.6) is 0 Å². The summed E-state index contributed by atoms with van der Waals surface area (Å²) in [5.74, 6) is 2.49. The Morgan fingerprint density at radius 2 is 0.781 bits per heavy atom. The molecule has 0 aromatic rings. The van der Waals surface area contributed by atoms with E-state index in [1.54, 1.807) is 0 Å². The van der Waals surface area contributed by atoms with Gasteiger partial charge in [0.05, 0.1) is 0 Å². The van der Waals surface area contributed by atoms with E-state index in [0.29, 0.717) is 0 Å². The molecule has 32 heavy (non-hydrogen) atoms. The Bertz CT molecular complexity index is 445. The van der Waals surface area contributed by atoms with E-state index >= 15 is 0 Å². The van der Waals surface area contributed by atoms with E-state index in [-0.39, 0.29) is 0 Å². The molecule has 0 amide bonds. The smallest absolute Gasteiger partial charge is 0.147 e. The Kier molecular flexibility index (Phi) is 18.7. The topological polar surface area (TPSA) is 6.48 Å². The highest BCUT2D eigenvalue weighted by Crippen LogP contribution is 2.29. The fourth-order valence-corrected chi connectivity index (χ4v) is 9.44. The molecule has 0 N–H and O–H groups in total. The molecule has 0 aromatic heterocycles. The van der Waals surface area contributed by atoms with Gasteiger partial charge in [-0.2, -0.15) is 0 Å². The zero-order valence-electron chi connectivity index (χ0n) is 19.9. The normalized spacial score (nSPS) is 17.8. The van der Waals surface area contributed by atoms with E-state index in [1.165, 1.54) is 140 Å².